The largest absolute Gasteiger partial charge is 0.493 e. The molecule has 2 aromatic carbocycles. The highest BCUT2D eigenvalue weighted by Gasteiger charge is 2.07. The molecule has 9 nitrogen and oxygen atoms in total. The van der Waals surface area contributed by atoms with E-state index < -0.39 is 10.9 Å². The summed E-state index contributed by atoms with van der Waals surface area (Å²) in [7, 11) is 3.20. The Kier molecular flexibility index (Phi) is 9.26. The Bertz CT molecular complexity index is 866. The number of esters is 1. The first kappa shape index (κ1) is 22.8. The SMILES string of the molecule is COCCCOc1cc(/C=N/CC(=O)OCc2ccc([N+](=O)[O-])cc2)ccc1OC. The van der Waals surface area contributed by atoms with Gasteiger partial charge >= 0.3 is 5.97 Å². The fourth-order valence-electron chi connectivity index (χ4n) is 2.42. The van der Waals surface area contributed by atoms with Gasteiger partial charge in [0.1, 0.15) is 13.2 Å². The molecule has 9 heteroatoms. The van der Waals surface area contributed by atoms with Crippen LogP contribution in [0, 0.1) is 10.1 Å². The van der Waals surface area contributed by atoms with Crippen LogP contribution in [0.2, 0.25) is 0 Å². The van der Waals surface area contributed by atoms with Crippen molar-refractivity contribution < 1.29 is 28.7 Å². The molecule has 0 unspecified atom stereocenters. The second kappa shape index (κ2) is 12.2. The van der Waals surface area contributed by atoms with Gasteiger partial charge in [0, 0.05) is 38.5 Å². The lowest BCUT2D eigenvalue weighted by Crippen LogP contribution is -2.08. The zero-order chi connectivity index (χ0) is 21.8. The summed E-state index contributed by atoms with van der Waals surface area (Å²) in [5, 5.41) is 10.6. The molecule has 2 aromatic rings. The number of methoxy groups -OCH3 is 2. The van der Waals surface area contributed by atoms with Gasteiger partial charge in [0.15, 0.2) is 11.5 Å². The average Bonchev–Trinajstić information content (AvgIpc) is 2.75. The molecule has 0 saturated carbocycles. The Morgan fingerprint density at radius 1 is 1.10 bits per heavy atom. The maximum absolute atomic E-state index is 11.9. The van der Waals surface area contributed by atoms with Crippen LogP contribution in [-0.2, 0) is 20.9 Å². The normalized spacial score (nSPS) is 10.7. The monoisotopic (exact) mass is 416 g/mol. The van der Waals surface area contributed by atoms with Crippen LogP contribution < -0.4 is 9.47 Å². The fraction of sp³-hybridized carbons (Fsp3) is 0.333. The van der Waals surface area contributed by atoms with E-state index in [0.29, 0.717) is 30.3 Å². The number of nitro groups is 1. The van der Waals surface area contributed by atoms with Gasteiger partial charge in [-0.1, -0.05) is 0 Å². The van der Waals surface area contributed by atoms with E-state index in [4.69, 9.17) is 18.9 Å². The van der Waals surface area contributed by atoms with Gasteiger partial charge in [0.05, 0.1) is 18.6 Å². The van der Waals surface area contributed by atoms with Gasteiger partial charge in [-0.15, -0.1) is 0 Å². The van der Waals surface area contributed by atoms with E-state index in [9.17, 15) is 14.9 Å². The number of nitro benzene ring substituents is 1. The Morgan fingerprint density at radius 3 is 2.53 bits per heavy atom. The number of aliphatic imine (C=N–C) groups is 1. The molecule has 0 spiro atoms. The van der Waals surface area contributed by atoms with Crippen LogP contribution in [0.25, 0.3) is 0 Å². The Balaban J connectivity index is 1.84. The minimum absolute atomic E-state index is 0.0174. The number of non-ortho nitro benzene ring substituents is 1. The summed E-state index contributed by atoms with van der Waals surface area (Å²) in [4.78, 5) is 26.1. The summed E-state index contributed by atoms with van der Waals surface area (Å²) < 4.78 is 21.1. The summed E-state index contributed by atoms with van der Waals surface area (Å²) in [5.74, 6) is 0.680. The quantitative estimate of drug-likeness (QED) is 0.172. The number of nitrogens with zero attached hydrogens (tertiary/aromatic N) is 2. The van der Waals surface area contributed by atoms with Gasteiger partial charge in [-0.2, -0.15) is 0 Å². The molecule has 0 N–H and O–H groups in total. The minimum atomic E-state index is -0.505. The molecule has 0 radical (unpaired) electrons. The molecule has 2 rings (SSSR count). The molecule has 0 saturated heterocycles. The topological polar surface area (TPSA) is 109 Å². The first-order valence-corrected chi connectivity index (χ1v) is 9.22. The summed E-state index contributed by atoms with van der Waals surface area (Å²) in [6.07, 6.45) is 2.30. The molecule has 0 aliphatic carbocycles. The average molecular weight is 416 g/mol. The second-order valence-corrected chi connectivity index (χ2v) is 6.16. The predicted molar refractivity (Wildman–Crippen MR) is 110 cm³/mol. The lowest BCUT2D eigenvalue weighted by Gasteiger charge is -2.11. The highest BCUT2D eigenvalue weighted by molar-refractivity contribution is 5.83. The molecule has 0 atom stereocenters. The standard InChI is InChI=1S/C21H24N2O7/c1-27-10-3-11-29-20-12-17(6-9-19(20)28-2)13-22-14-21(24)30-15-16-4-7-18(8-5-16)23(25)26/h4-9,12-13H,3,10-11,14-15H2,1-2H3/b22-13+. The van der Waals surface area contributed by atoms with Crippen LogP contribution >= 0.6 is 0 Å². The van der Waals surface area contributed by atoms with E-state index in [1.165, 1.54) is 12.1 Å². The van der Waals surface area contributed by atoms with Crippen molar-refractivity contribution in [3.8, 4) is 11.5 Å². The zero-order valence-electron chi connectivity index (χ0n) is 16.9. The van der Waals surface area contributed by atoms with Crippen molar-refractivity contribution in [1.82, 2.24) is 0 Å². The molecular weight excluding hydrogens is 392 g/mol. The van der Waals surface area contributed by atoms with Gasteiger partial charge in [-0.05, 0) is 41.5 Å². The third kappa shape index (κ3) is 7.51. The maximum Gasteiger partial charge on any atom is 0.328 e. The number of ether oxygens (including phenoxy) is 4. The van der Waals surface area contributed by atoms with Gasteiger partial charge in [-0.25, -0.2) is 0 Å². The fourth-order valence-corrected chi connectivity index (χ4v) is 2.42. The minimum Gasteiger partial charge on any atom is -0.493 e. The first-order chi connectivity index (χ1) is 14.5. The highest BCUT2D eigenvalue weighted by Crippen LogP contribution is 2.27. The van der Waals surface area contributed by atoms with E-state index in [1.807, 2.05) is 0 Å². The molecule has 0 amide bonds. The number of benzene rings is 2. The van der Waals surface area contributed by atoms with E-state index >= 15 is 0 Å². The number of carbonyl (C=O) groups is 1. The van der Waals surface area contributed by atoms with E-state index in [1.54, 1.807) is 50.8 Å². The van der Waals surface area contributed by atoms with Crippen LogP contribution in [0.3, 0.4) is 0 Å². The molecule has 0 aliphatic rings. The maximum atomic E-state index is 11.9. The van der Waals surface area contributed by atoms with Crippen molar-refractivity contribution in [2.75, 3.05) is 34.0 Å². The Morgan fingerprint density at radius 2 is 1.87 bits per heavy atom. The van der Waals surface area contributed by atoms with Crippen molar-refractivity contribution in [1.29, 1.82) is 0 Å². The summed E-state index contributed by atoms with van der Waals surface area (Å²) in [6, 6.07) is 11.1. The van der Waals surface area contributed by atoms with Crippen molar-refractivity contribution in [2.24, 2.45) is 4.99 Å². The number of carbonyl (C=O) groups excluding carboxylic acids is 1. The van der Waals surface area contributed by atoms with Gasteiger partial charge < -0.3 is 18.9 Å². The van der Waals surface area contributed by atoms with Crippen LogP contribution in [0.4, 0.5) is 5.69 Å². The molecule has 0 heterocycles. The van der Waals surface area contributed by atoms with Crippen molar-refractivity contribution in [2.45, 2.75) is 13.0 Å². The number of hydrogen-bond donors (Lipinski definition) is 0. The lowest BCUT2D eigenvalue weighted by molar-refractivity contribution is -0.384. The predicted octanol–water partition coefficient (Wildman–Crippen LogP) is 3.18. The highest BCUT2D eigenvalue weighted by atomic mass is 16.6. The van der Waals surface area contributed by atoms with Crippen LogP contribution in [0.1, 0.15) is 17.5 Å². The molecule has 160 valence electrons. The smallest absolute Gasteiger partial charge is 0.328 e. The summed E-state index contributed by atoms with van der Waals surface area (Å²) in [6.45, 7) is 0.961. The van der Waals surface area contributed by atoms with Gasteiger partial charge in [-0.3, -0.25) is 19.9 Å². The Hall–Kier alpha value is -3.46. The molecular formula is C21H24N2O7. The summed E-state index contributed by atoms with van der Waals surface area (Å²) >= 11 is 0. The van der Waals surface area contributed by atoms with E-state index in [2.05, 4.69) is 4.99 Å². The molecule has 30 heavy (non-hydrogen) atoms. The van der Waals surface area contributed by atoms with E-state index in [-0.39, 0.29) is 18.8 Å². The van der Waals surface area contributed by atoms with E-state index in [0.717, 1.165) is 12.0 Å². The number of rotatable bonds is 12. The van der Waals surface area contributed by atoms with Crippen molar-refractivity contribution >= 4 is 17.9 Å². The van der Waals surface area contributed by atoms with Crippen LogP contribution in [0.15, 0.2) is 47.5 Å². The van der Waals surface area contributed by atoms with Gasteiger partial charge in [0.2, 0.25) is 0 Å². The van der Waals surface area contributed by atoms with Crippen LogP contribution in [0.5, 0.6) is 11.5 Å². The molecule has 0 bridgehead atoms. The molecule has 0 fully saturated rings. The molecule has 0 aliphatic heterocycles. The lowest BCUT2D eigenvalue weighted by atomic mass is 10.2. The second-order valence-electron chi connectivity index (χ2n) is 6.16. The van der Waals surface area contributed by atoms with Crippen molar-refractivity contribution in [3.05, 3.63) is 63.7 Å². The van der Waals surface area contributed by atoms with Gasteiger partial charge in [0.25, 0.3) is 5.69 Å². The first-order valence-electron chi connectivity index (χ1n) is 9.22. The number of hydrogen-bond acceptors (Lipinski definition) is 8. The zero-order valence-corrected chi connectivity index (χ0v) is 16.9. The van der Waals surface area contributed by atoms with Crippen molar-refractivity contribution in [3.63, 3.8) is 0 Å². The third-order valence-electron chi connectivity index (χ3n) is 3.95. The van der Waals surface area contributed by atoms with Crippen LogP contribution in [-0.4, -0.2) is 51.1 Å². The molecule has 0 aromatic heterocycles. The Labute approximate surface area is 174 Å². The third-order valence-corrected chi connectivity index (χ3v) is 3.95. The summed E-state index contributed by atoms with van der Waals surface area (Å²) in [5.41, 5.74) is 1.39.